The van der Waals surface area contributed by atoms with Crippen LogP contribution in [0.4, 0.5) is 0 Å². The topological polar surface area (TPSA) is 37.1 Å². The average molecular weight is 438 g/mol. The van der Waals surface area contributed by atoms with Crippen LogP contribution in [0.2, 0.25) is 0 Å². The van der Waals surface area contributed by atoms with E-state index >= 15 is 0 Å². The van der Waals surface area contributed by atoms with Gasteiger partial charge in [0.15, 0.2) is 6.67 Å². The lowest BCUT2D eigenvalue weighted by molar-refractivity contribution is -0.910. The van der Waals surface area contributed by atoms with Crippen molar-refractivity contribution < 1.29 is 4.48 Å². The van der Waals surface area contributed by atoms with Crippen LogP contribution in [-0.2, 0) is 0 Å². The number of hydrogen-bond acceptors (Lipinski definition) is 3. The zero-order chi connectivity index (χ0) is 22.9. The lowest BCUT2D eigenvalue weighted by Gasteiger charge is -2.35. The molecule has 0 saturated heterocycles. The maximum Gasteiger partial charge on any atom is 0.152 e. The molecule has 0 aromatic rings. The first-order valence-corrected chi connectivity index (χ1v) is 13.9. The summed E-state index contributed by atoms with van der Waals surface area (Å²) in [6, 6.07) is 0. The van der Waals surface area contributed by atoms with Gasteiger partial charge in [0.05, 0.1) is 26.7 Å². The van der Waals surface area contributed by atoms with Crippen molar-refractivity contribution in [1.82, 2.24) is 0 Å². The molecule has 1 aliphatic rings. The molecule has 0 aromatic carbocycles. The Kier molecular flexibility index (Phi) is 23.3. The Morgan fingerprint density at radius 2 is 0.903 bits per heavy atom. The van der Waals surface area contributed by atoms with Crippen LogP contribution in [0, 0.1) is 0 Å². The van der Waals surface area contributed by atoms with Gasteiger partial charge in [-0.05, 0) is 38.5 Å². The van der Waals surface area contributed by atoms with E-state index in [0.29, 0.717) is 6.67 Å². The standard InChI is InChI=1S/C25H54N.C2H3N3/c1-5-8-11-14-17-20-23-26(4,24-21-18-15-12-9-6-2)25-22-19-16-13-10-7-3;1-3-2-5-4-1/h5-25H2,1-4H3;1H,2H2/q+1;. The molecule has 0 unspecified atom stereocenters. The molecule has 0 aliphatic carbocycles. The Balaban J connectivity index is 0.00000156. The van der Waals surface area contributed by atoms with Crippen molar-refractivity contribution >= 4 is 6.34 Å². The molecule has 0 saturated carbocycles. The summed E-state index contributed by atoms with van der Waals surface area (Å²) in [5.41, 5.74) is 0. The van der Waals surface area contributed by atoms with Crippen LogP contribution >= 0.6 is 0 Å². The normalized spacial score (nSPS) is 12.9. The molecule has 0 bridgehead atoms. The van der Waals surface area contributed by atoms with Crippen molar-refractivity contribution in [3.63, 3.8) is 0 Å². The highest BCUT2D eigenvalue weighted by molar-refractivity contribution is 5.55. The minimum absolute atomic E-state index is 0.528. The SMILES string of the molecule is C1=NCN=N1.CCCCCCCC[N+](C)(CCCCCCCC)CCCCCCCC. The Hall–Kier alpha value is -0.770. The van der Waals surface area contributed by atoms with Gasteiger partial charge in [-0.2, -0.15) is 5.11 Å². The summed E-state index contributed by atoms with van der Waals surface area (Å²) in [5, 5.41) is 6.90. The lowest BCUT2D eigenvalue weighted by atomic mass is 10.1. The van der Waals surface area contributed by atoms with Gasteiger partial charge in [-0.15, -0.1) is 5.11 Å². The number of hydrogen-bond donors (Lipinski definition) is 0. The Morgan fingerprint density at radius 3 is 1.16 bits per heavy atom. The summed E-state index contributed by atoms with van der Waals surface area (Å²) in [5.74, 6) is 0. The van der Waals surface area contributed by atoms with Crippen LogP contribution in [-0.4, -0.2) is 44.2 Å². The van der Waals surface area contributed by atoms with Gasteiger partial charge in [-0.1, -0.05) is 97.8 Å². The number of quaternary nitrogens is 1. The van der Waals surface area contributed by atoms with Crippen LogP contribution in [0.25, 0.3) is 0 Å². The monoisotopic (exact) mass is 437 g/mol. The number of unbranched alkanes of at least 4 members (excludes halogenated alkanes) is 15. The third-order valence-electron chi connectivity index (χ3n) is 6.51. The highest BCUT2D eigenvalue weighted by atomic mass is 15.3. The maximum atomic E-state index is 3.62. The molecule has 0 atom stereocenters. The molecule has 0 amide bonds. The van der Waals surface area contributed by atoms with Crippen LogP contribution in [0.1, 0.15) is 136 Å². The van der Waals surface area contributed by atoms with E-state index < -0.39 is 0 Å². The summed E-state index contributed by atoms with van der Waals surface area (Å²) < 4.78 is 1.36. The molecule has 1 aliphatic heterocycles. The fourth-order valence-electron chi connectivity index (χ4n) is 4.34. The van der Waals surface area contributed by atoms with E-state index in [1.54, 1.807) is 0 Å². The number of rotatable bonds is 21. The quantitative estimate of drug-likeness (QED) is 0.127. The molecule has 0 N–H and O–H groups in total. The van der Waals surface area contributed by atoms with Gasteiger partial charge in [0.2, 0.25) is 0 Å². The number of nitrogens with zero attached hydrogens (tertiary/aromatic N) is 4. The number of aliphatic imine (C=N–C) groups is 1. The molecule has 0 radical (unpaired) electrons. The summed E-state index contributed by atoms with van der Waals surface area (Å²) in [6.07, 6.45) is 27.3. The largest absolute Gasteiger partial charge is 0.326 e. The predicted octanol–water partition coefficient (Wildman–Crippen LogP) is 8.95. The third kappa shape index (κ3) is 22.2. The van der Waals surface area contributed by atoms with Crippen molar-refractivity contribution in [3.8, 4) is 0 Å². The van der Waals surface area contributed by atoms with Crippen molar-refractivity contribution in [2.75, 3.05) is 33.4 Å². The number of azo groups is 1. The highest BCUT2D eigenvalue weighted by Gasteiger charge is 2.20. The van der Waals surface area contributed by atoms with Gasteiger partial charge < -0.3 is 4.48 Å². The van der Waals surface area contributed by atoms with E-state index in [9.17, 15) is 0 Å². The maximum absolute atomic E-state index is 3.62. The van der Waals surface area contributed by atoms with Gasteiger partial charge in [0, 0.05) is 0 Å². The molecular weight excluding hydrogens is 380 g/mol. The highest BCUT2D eigenvalue weighted by Crippen LogP contribution is 2.16. The van der Waals surface area contributed by atoms with Crippen LogP contribution in [0.3, 0.4) is 0 Å². The lowest BCUT2D eigenvalue weighted by Crippen LogP contribution is -2.46. The Bertz CT molecular complexity index is 355. The smallest absolute Gasteiger partial charge is 0.152 e. The van der Waals surface area contributed by atoms with Gasteiger partial charge in [0.25, 0.3) is 0 Å². The van der Waals surface area contributed by atoms with Crippen LogP contribution in [0.15, 0.2) is 15.2 Å². The van der Waals surface area contributed by atoms with Crippen molar-refractivity contribution in [1.29, 1.82) is 0 Å². The molecule has 4 heteroatoms. The minimum Gasteiger partial charge on any atom is -0.326 e. The first kappa shape index (κ1) is 30.2. The molecule has 184 valence electrons. The third-order valence-corrected chi connectivity index (χ3v) is 6.51. The summed E-state index contributed by atoms with van der Waals surface area (Å²) in [7, 11) is 2.56. The van der Waals surface area contributed by atoms with Crippen molar-refractivity contribution in [2.24, 2.45) is 15.2 Å². The fourth-order valence-corrected chi connectivity index (χ4v) is 4.34. The predicted molar refractivity (Wildman–Crippen MR) is 139 cm³/mol. The van der Waals surface area contributed by atoms with Crippen molar-refractivity contribution in [3.05, 3.63) is 0 Å². The minimum atomic E-state index is 0.528. The molecule has 0 aromatic heterocycles. The molecule has 31 heavy (non-hydrogen) atoms. The van der Waals surface area contributed by atoms with E-state index in [1.807, 2.05) is 0 Å². The molecular formula is C27H57N4+. The summed E-state index contributed by atoms with van der Waals surface area (Å²) >= 11 is 0. The van der Waals surface area contributed by atoms with Gasteiger partial charge in [-0.3, -0.25) is 0 Å². The van der Waals surface area contributed by atoms with E-state index in [-0.39, 0.29) is 0 Å². The van der Waals surface area contributed by atoms with E-state index in [0.717, 1.165) is 0 Å². The summed E-state index contributed by atoms with van der Waals surface area (Å²) in [4.78, 5) is 3.62. The Labute approximate surface area is 196 Å². The van der Waals surface area contributed by atoms with Gasteiger partial charge >= 0.3 is 0 Å². The first-order valence-electron chi connectivity index (χ1n) is 13.9. The van der Waals surface area contributed by atoms with E-state index in [1.165, 1.54) is 146 Å². The van der Waals surface area contributed by atoms with Crippen molar-refractivity contribution in [2.45, 2.75) is 136 Å². The average Bonchev–Trinajstić information content (AvgIpc) is 3.36. The molecule has 0 spiro atoms. The van der Waals surface area contributed by atoms with Crippen LogP contribution < -0.4 is 0 Å². The second-order valence-corrected chi connectivity index (χ2v) is 9.79. The zero-order valence-electron chi connectivity index (χ0n) is 21.9. The second-order valence-electron chi connectivity index (χ2n) is 9.79. The van der Waals surface area contributed by atoms with Gasteiger partial charge in [0.1, 0.15) is 6.34 Å². The molecule has 4 nitrogen and oxygen atoms in total. The molecule has 1 rings (SSSR count). The van der Waals surface area contributed by atoms with Gasteiger partial charge in [-0.25, -0.2) is 4.99 Å². The second kappa shape index (κ2) is 23.9. The molecule has 1 heterocycles. The fraction of sp³-hybridized carbons (Fsp3) is 0.963. The molecule has 0 fully saturated rings. The Morgan fingerprint density at radius 1 is 0.548 bits per heavy atom. The zero-order valence-corrected chi connectivity index (χ0v) is 21.9. The van der Waals surface area contributed by atoms with Crippen LogP contribution in [0.5, 0.6) is 0 Å². The first-order chi connectivity index (χ1) is 15.2. The summed E-state index contributed by atoms with van der Waals surface area (Å²) in [6.45, 7) is 11.8. The van der Waals surface area contributed by atoms with E-state index in [4.69, 9.17) is 0 Å². The van der Waals surface area contributed by atoms with E-state index in [2.05, 4.69) is 43.0 Å².